The number of rotatable bonds is 9. The Balaban J connectivity index is 2.33. The van der Waals surface area contributed by atoms with Crippen molar-refractivity contribution in [3.05, 3.63) is 29.8 Å². The molecular weight excluding hydrogens is 238 g/mol. The van der Waals surface area contributed by atoms with Gasteiger partial charge in [-0.1, -0.05) is 26.0 Å². The summed E-state index contributed by atoms with van der Waals surface area (Å²) in [6.45, 7) is 6.37. The van der Waals surface area contributed by atoms with E-state index in [1.807, 2.05) is 12.1 Å². The molecule has 0 atom stereocenters. The highest BCUT2D eigenvalue weighted by Crippen LogP contribution is 2.24. The summed E-state index contributed by atoms with van der Waals surface area (Å²) < 4.78 is 5.14. The topological polar surface area (TPSA) is 41.5 Å². The molecule has 0 radical (unpaired) electrons. The second kappa shape index (κ2) is 8.18. The van der Waals surface area contributed by atoms with Gasteiger partial charge in [-0.25, -0.2) is 0 Å². The van der Waals surface area contributed by atoms with Gasteiger partial charge in [0, 0.05) is 18.6 Å². The standard InChI is InChI=1S/C16H27NO2/c1-4-16(5-2,13-18)12-17-11-10-14-6-8-15(19-3)9-7-14/h6-9,17-18H,4-5,10-13H2,1-3H3. The van der Waals surface area contributed by atoms with Gasteiger partial charge in [-0.2, -0.15) is 0 Å². The van der Waals surface area contributed by atoms with Crippen LogP contribution in [0.4, 0.5) is 0 Å². The van der Waals surface area contributed by atoms with Crippen LogP contribution in [-0.4, -0.2) is 31.9 Å². The van der Waals surface area contributed by atoms with Crippen LogP contribution in [0.5, 0.6) is 5.75 Å². The Labute approximate surface area is 117 Å². The molecule has 19 heavy (non-hydrogen) atoms. The molecule has 108 valence electrons. The van der Waals surface area contributed by atoms with E-state index >= 15 is 0 Å². The van der Waals surface area contributed by atoms with E-state index in [0.29, 0.717) is 0 Å². The lowest BCUT2D eigenvalue weighted by atomic mass is 9.83. The molecule has 2 N–H and O–H groups in total. The molecule has 3 nitrogen and oxygen atoms in total. The van der Waals surface area contributed by atoms with Gasteiger partial charge in [0.1, 0.15) is 5.75 Å². The maximum Gasteiger partial charge on any atom is 0.118 e. The van der Waals surface area contributed by atoms with Crippen molar-refractivity contribution in [1.29, 1.82) is 0 Å². The number of ether oxygens (including phenoxy) is 1. The van der Waals surface area contributed by atoms with Crippen molar-refractivity contribution >= 4 is 0 Å². The fourth-order valence-corrected chi connectivity index (χ4v) is 2.16. The lowest BCUT2D eigenvalue weighted by molar-refractivity contribution is 0.113. The Hall–Kier alpha value is -1.06. The predicted molar refractivity (Wildman–Crippen MR) is 79.7 cm³/mol. The molecule has 0 unspecified atom stereocenters. The summed E-state index contributed by atoms with van der Waals surface area (Å²) in [5.41, 5.74) is 1.34. The zero-order valence-electron chi connectivity index (χ0n) is 12.4. The molecule has 0 saturated carbocycles. The highest BCUT2D eigenvalue weighted by molar-refractivity contribution is 5.27. The quantitative estimate of drug-likeness (QED) is 0.674. The summed E-state index contributed by atoms with van der Waals surface area (Å²) in [7, 11) is 1.68. The molecule has 1 aromatic carbocycles. The minimum absolute atomic E-state index is 0.0416. The summed E-state index contributed by atoms with van der Waals surface area (Å²) in [6, 6.07) is 8.18. The molecule has 0 saturated heterocycles. The highest BCUT2D eigenvalue weighted by Gasteiger charge is 2.24. The zero-order valence-corrected chi connectivity index (χ0v) is 12.4. The summed E-state index contributed by atoms with van der Waals surface area (Å²) in [5.74, 6) is 0.896. The van der Waals surface area contributed by atoms with Crippen LogP contribution in [-0.2, 0) is 6.42 Å². The van der Waals surface area contributed by atoms with Crippen LogP contribution in [0, 0.1) is 5.41 Å². The molecule has 0 amide bonds. The van der Waals surface area contributed by atoms with Crippen LogP contribution < -0.4 is 10.1 Å². The minimum atomic E-state index is 0.0416. The van der Waals surface area contributed by atoms with E-state index in [1.165, 1.54) is 5.56 Å². The maximum absolute atomic E-state index is 9.50. The van der Waals surface area contributed by atoms with Crippen molar-refractivity contribution in [3.63, 3.8) is 0 Å². The number of hydrogen-bond acceptors (Lipinski definition) is 3. The third-order valence-corrected chi connectivity index (χ3v) is 4.08. The van der Waals surface area contributed by atoms with Crippen LogP contribution in [0.1, 0.15) is 32.3 Å². The Morgan fingerprint density at radius 2 is 1.79 bits per heavy atom. The van der Waals surface area contributed by atoms with E-state index in [4.69, 9.17) is 4.74 Å². The number of methoxy groups -OCH3 is 1. The highest BCUT2D eigenvalue weighted by atomic mass is 16.5. The number of nitrogens with one attached hydrogen (secondary N) is 1. The molecule has 0 aliphatic heterocycles. The third kappa shape index (κ3) is 4.84. The van der Waals surface area contributed by atoms with Gasteiger partial charge >= 0.3 is 0 Å². The molecule has 0 aliphatic carbocycles. The normalized spacial score (nSPS) is 11.6. The monoisotopic (exact) mass is 265 g/mol. The van der Waals surface area contributed by atoms with Crippen molar-refractivity contribution in [3.8, 4) is 5.75 Å². The smallest absolute Gasteiger partial charge is 0.118 e. The Morgan fingerprint density at radius 1 is 1.16 bits per heavy atom. The van der Waals surface area contributed by atoms with Gasteiger partial charge in [0.2, 0.25) is 0 Å². The number of aliphatic hydroxyl groups is 1. The van der Waals surface area contributed by atoms with E-state index in [9.17, 15) is 5.11 Å². The molecule has 0 aromatic heterocycles. The van der Waals surface area contributed by atoms with Crippen molar-refractivity contribution < 1.29 is 9.84 Å². The van der Waals surface area contributed by atoms with Crippen LogP contribution in [0.2, 0.25) is 0 Å². The molecule has 0 aliphatic rings. The SMILES string of the molecule is CCC(CC)(CO)CNCCc1ccc(OC)cc1. The molecule has 0 bridgehead atoms. The third-order valence-electron chi connectivity index (χ3n) is 4.08. The van der Waals surface area contributed by atoms with Crippen molar-refractivity contribution in [2.45, 2.75) is 33.1 Å². The molecule has 0 fully saturated rings. The fourth-order valence-electron chi connectivity index (χ4n) is 2.16. The van der Waals surface area contributed by atoms with Gasteiger partial charge in [0.25, 0.3) is 0 Å². The van der Waals surface area contributed by atoms with Gasteiger partial charge < -0.3 is 15.2 Å². The van der Waals surface area contributed by atoms with Gasteiger partial charge in [-0.05, 0) is 43.5 Å². The first-order valence-corrected chi connectivity index (χ1v) is 7.14. The summed E-state index contributed by atoms with van der Waals surface area (Å²) in [6.07, 6.45) is 3.02. The van der Waals surface area contributed by atoms with Gasteiger partial charge in [-0.3, -0.25) is 0 Å². The average Bonchev–Trinajstić information content (AvgIpc) is 2.49. The largest absolute Gasteiger partial charge is 0.497 e. The second-order valence-corrected chi connectivity index (χ2v) is 5.14. The van der Waals surface area contributed by atoms with E-state index in [-0.39, 0.29) is 12.0 Å². The van der Waals surface area contributed by atoms with E-state index < -0.39 is 0 Å². The minimum Gasteiger partial charge on any atom is -0.497 e. The lowest BCUT2D eigenvalue weighted by Crippen LogP contribution is -2.37. The number of aliphatic hydroxyl groups excluding tert-OH is 1. The molecule has 0 spiro atoms. The maximum atomic E-state index is 9.50. The molecule has 3 heteroatoms. The molecule has 1 rings (SSSR count). The number of benzene rings is 1. The zero-order chi connectivity index (χ0) is 14.1. The van der Waals surface area contributed by atoms with Gasteiger partial charge in [0.05, 0.1) is 7.11 Å². The first kappa shape index (κ1) is 16.0. The van der Waals surface area contributed by atoms with Crippen molar-refractivity contribution in [2.24, 2.45) is 5.41 Å². The first-order valence-electron chi connectivity index (χ1n) is 7.14. The van der Waals surface area contributed by atoms with Crippen LogP contribution >= 0.6 is 0 Å². The van der Waals surface area contributed by atoms with E-state index in [1.54, 1.807) is 7.11 Å². The van der Waals surface area contributed by atoms with Crippen LogP contribution in [0.15, 0.2) is 24.3 Å². The van der Waals surface area contributed by atoms with Crippen molar-refractivity contribution in [2.75, 3.05) is 26.8 Å². The van der Waals surface area contributed by atoms with Crippen molar-refractivity contribution in [1.82, 2.24) is 5.32 Å². The molecule has 1 aromatic rings. The predicted octanol–water partition coefficient (Wildman–Crippen LogP) is 2.63. The Kier molecular flexibility index (Phi) is 6.89. The number of hydrogen-bond donors (Lipinski definition) is 2. The van der Waals surface area contributed by atoms with E-state index in [2.05, 4.69) is 31.3 Å². The van der Waals surface area contributed by atoms with Gasteiger partial charge in [0.15, 0.2) is 0 Å². The lowest BCUT2D eigenvalue weighted by Gasteiger charge is -2.29. The average molecular weight is 265 g/mol. The van der Waals surface area contributed by atoms with E-state index in [0.717, 1.165) is 38.1 Å². The summed E-state index contributed by atoms with van der Waals surface area (Å²) in [5, 5.41) is 13.0. The van der Waals surface area contributed by atoms with Gasteiger partial charge in [-0.15, -0.1) is 0 Å². The Morgan fingerprint density at radius 3 is 2.26 bits per heavy atom. The second-order valence-electron chi connectivity index (χ2n) is 5.14. The molecule has 0 heterocycles. The summed E-state index contributed by atoms with van der Waals surface area (Å²) in [4.78, 5) is 0. The fraction of sp³-hybridized carbons (Fsp3) is 0.625. The van der Waals surface area contributed by atoms with Crippen LogP contribution in [0.3, 0.4) is 0 Å². The first-order chi connectivity index (χ1) is 9.19. The Bertz CT molecular complexity index is 336. The molecular formula is C16H27NO2. The van der Waals surface area contributed by atoms with Crippen LogP contribution in [0.25, 0.3) is 0 Å². The summed E-state index contributed by atoms with van der Waals surface area (Å²) >= 11 is 0.